The van der Waals surface area contributed by atoms with E-state index < -0.39 is 0 Å². The van der Waals surface area contributed by atoms with Gasteiger partial charge in [-0.15, -0.1) is 0 Å². The highest BCUT2D eigenvalue weighted by atomic mass is 14.8. The highest BCUT2D eigenvalue weighted by Gasteiger charge is 2.55. The molecule has 2 atom stereocenters. The third-order valence-corrected chi connectivity index (χ3v) is 2.97. The highest BCUT2D eigenvalue weighted by Crippen LogP contribution is 2.55. The molecule has 0 radical (unpaired) electrons. The molecular weight excluding hydrogens is 134 g/mol. The third kappa shape index (κ3) is 1.76. The molecule has 1 aliphatic carbocycles. The lowest BCUT2D eigenvalue weighted by molar-refractivity contribution is 0.327. The molecule has 0 bridgehead atoms. The molecular formula is C10H21N. The summed E-state index contributed by atoms with van der Waals surface area (Å²) in [5, 5.41) is 0. The molecule has 0 aromatic carbocycles. The van der Waals surface area contributed by atoms with Crippen LogP contribution in [0.1, 0.15) is 41.0 Å². The first-order valence-corrected chi connectivity index (χ1v) is 4.51. The summed E-state index contributed by atoms with van der Waals surface area (Å²) >= 11 is 0. The predicted octanol–water partition coefficient (Wildman–Crippen LogP) is 2.41. The van der Waals surface area contributed by atoms with Crippen molar-refractivity contribution in [1.82, 2.24) is 0 Å². The molecule has 66 valence electrons. The Morgan fingerprint density at radius 3 is 1.73 bits per heavy atom. The Kier molecular flexibility index (Phi) is 1.83. The molecule has 1 aliphatic rings. The average Bonchev–Trinajstić information content (AvgIpc) is 2.14. The van der Waals surface area contributed by atoms with Crippen LogP contribution in [0.25, 0.3) is 0 Å². The Balaban J connectivity index is 2.44. The predicted molar refractivity (Wildman–Crippen MR) is 49.3 cm³/mol. The van der Waals surface area contributed by atoms with Crippen LogP contribution < -0.4 is 5.73 Å². The molecule has 1 nitrogen and oxygen atoms in total. The molecule has 11 heavy (non-hydrogen) atoms. The summed E-state index contributed by atoms with van der Waals surface area (Å²) in [4.78, 5) is 0. The summed E-state index contributed by atoms with van der Waals surface area (Å²) in [6.07, 6.45) is 1.27. The van der Waals surface area contributed by atoms with E-state index >= 15 is 0 Å². The minimum atomic E-state index is 0.410. The zero-order valence-corrected chi connectivity index (χ0v) is 8.44. The van der Waals surface area contributed by atoms with Gasteiger partial charge in [0.15, 0.2) is 0 Å². The molecule has 0 aromatic heterocycles. The van der Waals surface area contributed by atoms with Crippen LogP contribution in [0.4, 0.5) is 0 Å². The van der Waals surface area contributed by atoms with Crippen molar-refractivity contribution in [2.75, 3.05) is 0 Å². The Labute approximate surface area is 70.4 Å². The Morgan fingerprint density at radius 2 is 1.64 bits per heavy atom. The van der Waals surface area contributed by atoms with Crippen molar-refractivity contribution in [2.45, 2.75) is 47.1 Å². The standard InChI is InChI=1S/C10H21N/c1-9(2,3)6-7-8(11)10(7,4)5/h7-8H,6,11H2,1-5H3/t7-,8-/m1/s1. The summed E-state index contributed by atoms with van der Waals surface area (Å²) < 4.78 is 0. The van der Waals surface area contributed by atoms with Crippen molar-refractivity contribution in [3.05, 3.63) is 0 Å². The van der Waals surface area contributed by atoms with E-state index in [0.717, 1.165) is 5.92 Å². The third-order valence-electron chi connectivity index (χ3n) is 2.97. The molecule has 0 unspecified atom stereocenters. The minimum absolute atomic E-state index is 0.410. The van der Waals surface area contributed by atoms with Crippen LogP contribution in [0.5, 0.6) is 0 Å². The van der Waals surface area contributed by atoms with Gasteiger partial charge in [-0.25, -0.2) is 0 Å². The molecule has 1 saturated carbocycles. The SMILES string of the molecule is CC(C)(C)C[C@@H]1[C@@H](N)C1(C)C. The molecule has 0 amide bonds. The van der Waals surface area contributed by atoms with Crippen molar-refractivity contribution in [1.29, 1.82) is 0 Å². The lowest BCUT2D eigenvalue weighted by Crippen LogP contribution is -2.10. The molecule has 0 spiro atoms. The number of hydrogen-bond acceptors (Lipinski definition) is 1. The lowest BCUT2D eigenvalue weighted by Gasteiger charge is -2.18. The van der Waals surface area contributed by atoms with Crippen LogP contribution in [-0.4, -0.2) is 6.04 Å². The fourth-order valence-electron chi connectivity index (χ4n) is 1.84. The summed E-state index contributed by atoms with van der Waals surface area (Å²) in [5.74, 6) is 0.752. The van der Waals surface area contributed by atoms with Crippen molar-refractivity contribution < 1.29 is 0 Å². The number of nitrogens with two attached hydrogens (primary N) is 1. The van der Waals surface area contributed by atoms with E-state index in [1.54, 1.807) is 0 Å². The second kappa shape index (κ2) is 2.22. The summed E-state index contributed by atoms with van der Waals surface area (Å²) in [6, 6.07) is 0.446. The van der Waals surface area contributed by atoms with Gasteiger partial charge in [-0.1, -0.05) is 34.6 Å². The van der Waals surface area contributed by atoms with Gasteiger partial charge in [0, 0.05) is 6.04 Å². The fraction of sp³-hybridized carbons (Fsp3) is 1.00. The van der Waals surface area contributed by atoms with Gasteiger partial charge in [0.05, 0.1) is 0 Å². The monoisotopic (exact) mass is 155 g/mol. The quantitative estimate of drug-likeness (QED) is 0.618. The van der Waals surface area contributed by atoms with Crippen LogP contribution >= 0.6 is 0 Å². The van der Waals surface area contributed by atoms with E-state index in [9.17, 15) is 0 Å². The van der Waals surface area contributed by atoms with Gasteiger partial charge in [0.1, 0.15) is 0 Å². The van der Waals surface area contributed by atoms with Crippen LogP contribution in [-0.2, 0) is 0 Å². The smallest absolute Gasteiger partial charge is 0.0128 e. The van der Waals surface area contributed by atoms with Crippen molar-refractivity contribution in [3.8, 4) is 0 Å². The maximum absolute atomic E-state index is 5.95. The molecule has 1 fully saturated rings. The second-order valence-electron chi connectivity index (χ2n) is 5.72. The molecule has 1 heteroatoms. The summed E-state index contributed by atoms with van der Waals surface area (Å²) in [5.41, 5.74) is 6.80. The van der Waals surface area contributed by atoms with Crippen molar-refractivity contribution in [2.24, 2.45) is 22.5 Å². The average molecular weight is 155 g/mol. The van der Waals surface area contributed by atoms with E-state index in [1.807, 2.05) is 0 Å². The van der Waals surface area contributed by atoms with Gasteiger partial charge in [0.2, 0.25) is 0 Å². The van der Waals surface area contributed by atoms with Crippen molar-refractivity contribution in [3.63, 3.8) is 0 Å². The lowest BCUT2D eigenvalue weighted by atomic mass is 9.87. The zero-order valence-electron chi connectivity index (χ0n) is 8.44. The first kappa shape index (κ1) is 9.05. The molecule has 0 saturated heterocycles. The van der Waals surface area contributed by atoms with Gasteiger partial charge in [-0.05, 0) is 23.2 Å². The topological polar surface area (TPSA) is 26.0 Å². The molecule has 1 rings (SSSR count). The Bertz CT molecular complexity index is 153. The van der Waals surface area contributed by atoms with E-state index in [0.29, 0.717) is 16.9 Å². The Morgan fingerprint density at radius 1 is 1.27 bits per heavy atom. The summed E-state index contributed by atoms with van der Waals surface area (Å²) in [6.45, 7) is 11.4. The molecule has 0 heterocycles. The summed E-state index contributed by atoms with van der Waals surface area (Å²) in [7, 11) is 0. The van der Waals surface area contributed by atoms with Crippen LogP contribution in [0.3, 0.4) is 0 Å². The van der Waals surface area contributed by atoms with Crippen LogP contribution in [0.2, 0.25) is 0 Å². The molecule has 2 N–H and O–H groups in total. The minimum Gasteiger partial charge on any atom is -0.327 e. The van der Waals surface area contributed by atoms with Gasteiger partial charge >= 0.3 is 0 Å². The Hall–Kier alpha value is -0.0400. The fourth-order valence-corrected chi connectivity index (χ4v) is 1.84. The zero-order chi connectivity index (χ0) is 8.86. The van der Waals surface area contributed by atoms with Gasteiger partial charge in [-0.3, -0.25) is 0 Å². The van der Waals surface area contributed by atoms with Gasteiger partial charge < -0.3 is 5.73 Å². The normalized spacial score (nSPS) is 35.5. The first-order chi connectivity index (χ1) is 4.75. The molecule has 0 aromatic rings. The van der Waals surface area contributed by atoms with Crippen LogP contribution in [0, 0.1) is 16.7 Å². The van der Waals surface area contributed by atoms with Crippen molar-refractivity contribution >= 4 is 0 Å². The van der Waals surface area contributed by atoms with E-state index in [4.69, 9.17) is 5.73 Å². The number of rotatable bonds is 1. The van der Waals surface area contributed by atoms with E-state index in [2.05, 4.69) is 34.6 Å². The number of hydrogen-bond donors (Lipinski definition) is 1. The maximum atomic E-state index is 5.95. The molecule has 0 aliphatic heterocycles. The van der Waals surface area contributed by atoms with Gasteiger partial charge in [-0.2, -0.15) is 0 Å². The first-order valence-electron chi connectivity index (χ1n) is 4.51. The maximum Gasteiger partial charge on any atom is 0.0128 e. The second-order valence-corrected chi connectivity index (χ2v) is 5.72. The van der Waals surface area contributed by atoms with E-state index in [1.165, 1.54) is 6.42 Å². The van der Waals surface area contributed by atoms with Crippen LogP contribution in [0.15, 0.2) is 0 Å². The van der Waals surface area contributed by atoms with Gasteiger partial charge in [0.25, 0.3) is 0 Å². The van der Waals surface area contributed by atoms with E-state index in [-0.39, 0.29) is 0 Å². The largest absolute Gasteiger partial charge is 0.327 e. The highest BCUT2D eigenvalue weighted by molar-refractivity contribution is 5.09.